The number of piperidine rings is 1. The number of ether oxygens (including phenoxy) is 1. The van der Waals surface area contributed by atoms with Crippen molar-refractivity contribution in [2.75, 3.05) is 46.4 Å². The molecule has 1 unspecified atom stereocenters. The zero-order valence-corrected chi connectivity index (χ0v) is 21.1. The Morgan fingerprint density at radius 1 is 1.26 bits per heavy atom. The molecule has 10 heteroatoms. The number of hydrogen-bond donors (Lipinski definition) is 2. The molecule has 3 heterocycles. The lowest BCUT2D eigenvalue weighted by Crippen LogP contribution is -2.60. The number of aliphatic imine (C=N–C) groups is 1. The van der Waals surface area contributed by atoms with E-state index < -0.39 is 11.6 Å². The van der Waals surface area contributed by atoms with E-state index in [1.165, 1.54) is 19.3 Å². The molecule has 1 amide bonds. The van der Waals surface area contributed by atoms with Crippen molar-refractivity contribution in [2.24, 2.45) is 10.9 Å². The standard InChI is InChI=1S/C25H39N7O3/c1-19-17-27-24(35-19)29-23(32-12-14-34-15-13-32)28-21(16-20-6-4-3-5-7-20)22(33)30-25(18-26)8-10-31(2)11-9-25/h17,20-21H,3-16H2,1-2H3,(H,30,33)(H,27,28,29). The van der Waals surface area contributed by atoms with Crippen molar-refractivity contribution in [3.63, 3.8) is 0 Å². The first-order valence-electron chi connectivity index (χ1n) is 13.0. The second-order valence-electron chi connectivity index (χ2n) is 10.2. The van der Waals surface area contributed by atoms with Gasteiger partial charge < -0.3 is 29.6 Å². The third kappa shape index (κ3) is 6.95. The summed E-state index contributed by atoms with van der Waals surface area (Å²) in [7, 11) is 2.05. The lowest BCUT2D eigenvalue weighted by Gasteiger charge is -2.38. The summed E-state index contributed by atoms with van der Waals surface area (Å²) in [6.07, 6.45) is 9.52. The fraction of sp³-hybridized carbons (Fsp3) is 0.760. The molecule has 3 fully saturated rings. The molecule has 10 nitrogen and oxygen atoms in total. The van der Waals surface area contributed by atoms with Crippen molar-refractivity contribution in [1.29, 1.82) is 5.26 Å². The smallest absolute Gasteiger partial charge is 0.325 e. The largest absolute Gasteiger partial charge is 0.427 e. The topological polar surface area (TPSA) is 119 Å². The number of oxazole rings is 1. The lowest BCUT2D eigenvalue weighted by molar-refractivity contribution is -0.125. The first-order valence-corrected chi connectivity index (χ1v) is 13.0. The van der Waals surface area contributed by atoms with E-state index in [2.05, 4.69) is 36.5 Å². The summed E-state index contributed by atoms with van der Waals surface area (Å²) in [5, 5.41) is 16.6. The third-order valence-corrected chi connectivity index (χ3v) is 7.45. The van der Waals surface area contributed by atoms with E-state index in [4.69, 9.17) is 9.15 Å². The van der Waals surface area contributed by atoms with Gasteiger partial charge in [-0.25, -0.2) is 0 Å². The minimum absolute atomic E-state index is 0.133. The van der Waals surface area contributed by atoms with E-state index in [0.29, 0.717) is 63.2 Å². The maximum Gasteiger partial charge on any atom is 0.325 e. The van der Waals surface area contributed by atoms with E-state index in [1.807, 2.05) is 14.0 Å². The van der Waals surface area contributed by atoms with Gasteiger partial charge in [0.15, 0.2) is 0 Å². The number of carbonyl (C=O) groups is 1. The Morgan fingerprint density at radius 3 is 2.60 bits per heavy atom. The number of nitrogens with zero attached hydrogens (tertiary/aromatic N) is 5. The molecule has 1 atom stereocenters. The van der Waals surface area contributed by atoms with E-state index in [0.717, 1.165) is 25.9 Å². The van der Waals surface area contributed by atoms with Crippen LogP contribution in [0.4, 0.5) is 6.01 Å². The number of likely N-dealkylation sites (tertiary alicyclic amines) is 1. The van der Waals surface area contributed by atoms with Gasteiger partial charge in [0, 0.05) is 26.2 Å². The van der Waals surface area contributed by atoms with Crippen LogP contribution in [0.25, 0.3) is 0 Å². The Kier molecular flexibility index (Phi) is 8.63. The molecule has 2 N–H and O–H groups in total. The van der Waals surface area contributed by atoms with Gasteiger partial charge in [0.2, 0.25) is 11.9 Å². The minimum Gasteiger partial charge on any atom is -0.427 e. The molecule has 35 heavy (non-hydrogen) atoms. The van der Waals surface area contributed by atoms with Gasteiger partial charge in [-0.1, -0.05) is 32.1 Å². The quantitative estimate of drug-likeness (QED) is 0.466. The highest BCUT2D eigenvalue weighted by Gasteiger charge is 2.38. The van der Waals surface area contributed by atoms with Crippen LogP contribution < -0.4 is 10.6 Å². The number of nitriles is 1. The zero-order valence-electron chi connectivity index (χ0n) is 21.1. The van der Waals surface area contributed by atoms with Crippen molar-refractivity contribution < 1.29 is 13.9 Å². The first kappa shape index (κ1) is 25.5. The fourth-order valence-electron chi connectivity index (χ4n) is 5.19. The number of aryl methyl sites for hydroxylation is 1. The van der Waals surface area contributed by atoms with E-state index in [9.17, 15) is 10.1 Å². The maximum atomic E-state index is 13.7. The molecule has 1 saturated carbocycles. The Morgan fingerprint density at radius 2 is 1.97 bits per heavy atom. The molecule has 4 rings (SSSR count). The lowest BCUT2D eigenvalue weighted by atomic mass is 9.84. The summed E-state index contributed by atoms with van der Waals surface area (Å²) in [5.74, 6) is 1.59. The highest BCUT2D eigenvalue weighted by molar-refractivity contribution is 5.90. The van der Waals surface area contributed by atoms with Gasteiger partial charge in [-0.2, -0.15) is 15.2 Å². The first-order chi connectivity index (χ1) is 17.0. The molecule has 0 bridgehead atoms. The summed E-state index contributed by atoms with van der Waals surface area (Å²) in [6.45, 7) is 5.93. The van der Waals surface area contributed by atoms with Crippen LogP contribution in [0.3, 0.4) is 0 Å². The van der Waals surface area contributed by atoms with Crippen molar-refractivity contribution in [2.45, 2.75) is 69.9 Å². The van der Waals surface area contributed by atoms with Gasteiger partial charge in [-0.15, -0.1) is 0 Å². The molecule has 3 aliphatic rings. The number of hydrogen-bond acceptors (Lipinski definition) is 7. The van der Waals surface area contributed by atoms with Crippen molar-refractivity contribution in [1.82, 2.24) is 25.4 Å². The van der Waals surface area contributed by atoms with Crippen molar-refractivity contribution >= 4 is 17.9 Å². The second-order valence-corrected chi connectivity index (χ2v) is 10.2. The highest BCUT2D eigenvalue weighted by Crippen LogP contribution is 2.28. The fourth-order valence-corrected chi connectivity index (χ4v) is 5.19. The molecule has 0 radical (unpaired) electrons. The minimum atomic E-state index is -0.827. The second kappa shape index (κ2) is 11.9. The van der Waals surface area contributed by atoms with Crippen LogP contribution in [0, 0.1) is 24.2 Å². The summed E-state index contributed by atoms with van der Waals surface area (Å²) >= 11 is 0. The summed E-state index contributed by atoms with van der Waals surface area (Å²) in [4.78, 5) is 26.9. The van der Waals surface area contributed by atoms with E-state index in [-0.39, 0.29) is 11.9 Å². The SMILES string of the molecule is Cc1cnc(/N=C(\NC(CC2CCCCC2)C(=O)NC2(C#N)CCN(C)CC2)N2CCOCC2)o1. The van der Waals surface area contributed by atoms with Gasteiger partial charge in [0.1, 0.15) is 17.3 Å². The number of guanidine groups is 1. The summed E-state index contributed by atoms with van der Waals surface area (Å²) in [5.41, 5.74) is -0.827. The van der Waals surface area contributed by atoms with Gasteiger partial charge in [-0.3, -0.25) is 4.79 Å². The number of carbonyl (C=O) groups excluding carboxylic acids is 1. The number of amides is 1. The summed E-state index contributed by atoms with van der Waals surface area (Å²) < 4.78 is 11.1. The summed E-state index contributed by atoms with van der Waals surface area (Å²) in [6, 6.07) is 2.18. The molecule has 192 valence electrons. The van der Waals surface area contributed by atoms with Crippen LogP contribution in [0.15, 0.2) is 15.6 Å². The molecule has 1 aliphatic carbocycles. The monoisotopic (exact) mass is 485 g/mol. The van der Waals surface area contributed by atoms with E-state index in [1.54, 1.807) is 6.20 Å². The molecule has 1 aromatic rings. The highest BCUT2D eigenvalue weighted by atomic mass is 16.5. The number of nitrogens with one attached hydrogen (secondary N) is 2. The maximum absolute atomic E-state index is 13.7. The number of rotatable bonds is 6. The van der Waals surface area contributed by atoms with E-state index >= 15 is 0 Å². The Balaban J connectivity index is 1.56. The Bertz CT molecular complexity index is 904. The van der Waals surface area contributed by atoms with Crippen molar-refractivity contribution in [3.8, 4) is 6.07 Å². The van der Waals surface area contributed by atoms with Crippen LogP contribution in [-0.2, 0) is 9.53 Å². The predicted molar refractivity (Wildman–Crippen MR) is 132 cm³/mol. The molecule has 2 saturated heterocycles. The predicted octanol–water partition coefficient (Wildman–Crippen LogP) is 2.34. The number of morpholine rings is 1. The Hall–Kier alpha value is -2.64. The third-order valence-electron chi connectivity index (χ3n) is 7.45. The number of aromatic nitrogens is 1. The average molecular weight is 486 g/mol. The molecule has 2 aliphatic heterocycles. The molecule has 1 aromatic heterocycles. The van der Waals surface area contributed by atoms with Crippen LogP contribution in [-0.4, -0.2) is 84.7 Å². The van der Waals surface area contributed by atoms with Crippen LogP contribution in [0.5, 0.6) is 0 Å². The van der Waals surface area contributed by atoms with Crippen LogP contribution in [0.2, 0.25) is 0 Å². The zero-order chi connectivity index (χ0) is 24.7. The molecular weight excluding hydrogens is 446 g/mol. The Labute approximate surface area is 208 Å². The molecule has 0 spiro atoms. The van der Waals surface area contributed by atoms with Crippen LogP contribution in [0.1, 0.15) is 57.1 Å². The van der Waals surface area contributed by atoms with Gasteiger partial charge >= 0.3 is 6.01 Å². The molecular formula is C25H39N7O3. The average Bonchev–Trinajstić information content (AvgIpc) is 3.30. The normalized spacial score (nSPS) is 22.9. The van der Waals surface area contributed by atoms with Crippen LogP contribution >= 0.6 is 0 Å². The van der Waals surface area contributed by atoms with Crippen molar-refractivity contribution in [3.05, 3.63) is 12.0 Å². The van der Waals surface area contributed by atoms with Gasteiger partial charge in [-0.05, 0) is 39.2 Å². The molecule has 0 aromatic carbocycles. The van der Waals surface area contributed by atoms with Gasteiger partial charge in [0.25, 0.3) is 0 Å². The van der Waals surface area contributed by atoms with Gasteiger partial charge in [0.05, 0.1) is 25.5 Å².